The highest BCUT2D eigenvalue weighted by atomic mass is 32.2. The van der Waals surface area contributed by atoms with Crippen molar-refractivity contribution in [2.45, 2.75) is 30.0 Å². The molecule has 0 aromatic heterocycles. The SMILES string of the molecule is CC(=O)OC[C@@]1(C)[C@H](C(=O)O)N2C(=O)/C(=C/C(=O)O)C2S1(=O)=O. The van der Waals surface area contributed by atoms with E-state index >= 15 is 0 Å². The van der Waals surface area contributed by atoms with Gasteiger partial charge < -0.3 is 19.8 Å². The number of carboxylic acid groups (broad SMARTS) is 2. The van der Waals surface area contributed by atoms with Crippen molar-refractivity contribution in [3.05, 3.63) is 11.6 Å². The summed E-state index contributed by atoms with van der Waals surface area (Å²) in [5.41, 5.74) is -0.518. The van der Waals surface area contributed by atoms with Crippen LogP contribution in [0.5, 0.6) is 0 Å². The molecule has 0 aromatic rings. The number of hydrogen-bond acceptors (Lipinski definition) is 7. The van der Waals surface area contributed by atoms with Crippen molar-refractivity contribution in [3.63, 3.8) is 0 Å². The lowest BCUT2D eigenvalue weighted by molar-refractivity contribution is -0.155. The molecule has 2 aliphatic rings. The maximum atomic E-state index is 12.7. The van der Waals surface area contributed by atoms with E-state index in [4.69, 9.17) is 5.11 Å². The smallest absolute Gasteiger partial charge is 0.328 e. The fourth-order valence-corrected chi connectivity index (χ4v) is 5.05. The Kier molecular flexibility index (Phi) is 3.71. The highest BCUT2D eigenvalue weighted by Gasteiger charge is 2.72. The van der Waals surface area contributed by atoms with Crippen molar-refractivity contribution >= 4 is 33.7 Å². The Bertz CT molecular complexity index is 752. The van der Waals surface area contributed by atoms with Crippen molar-refractivity contribution in [1.29, 1.82) is 0 Å². The predicted octanol–water partition coefficient (Wildman–Crippen LogP) is -1.63. The first-order valence-corrected chi connectivity index (χ1v) is 7.86. The molecule has 3 atom stereocenters. The monoisotopic (exact) mass is 347 g/mol. The van der Waals surface area contributed by atoms with Crippen LogP contribution in [0.2, 0.25) is 0 Å². The van der Waals surface area contributed by atoms with Gasteiger partial charge in [0.2, 0.25) is 0 Å². The quantitative estimate of drug-likeness (QED) is 0.346. The molecule has 0 saturated carbocycles. The lowest BCUT2D eigenvalue weighted by Crippen LogP contribution is -2.59. The molecule has 0 aliphatic carbocycles. The largest absolute Gasteiger partial charge is 0.480 e. The van der Waals surface area contributed by atoms with E-state index in [9.17, 15) is 32.7 Å². The molecular weight excluding hydrogens is 334 g/mol. The topological polar surface area (TPSA) is 155 Å². The molecule has 2 rings (SSSR count). The molecule has 0 spiro atoms. The van der Waals surface area contributed by atoms with Gasteiger partial charge in [0, 0.05) is 13.0 Å². The number of hydrogen-bond donors (Lipinski definition) is 2. The van der Waals surface area contributed by atoms with Crippen LogP contribution in [0.3, 0.4) is 0 Å². The maximum absolute atomic E-state index is 12.7. The number of β-lactam (4-membered cyclic amide) rings is 1. The first-order chi connectivity index (χ1) is 10.4. The van der Waals surface area contributed by atoms with E-state index in [1.54, 1.807) is 0 Å². The number of sulfone groups is 1. The van der Waals surface area contributed by atoms with E-state index in [0.29, 0.717) is 11.0 Å². The molecule has 1 unspecified atom stereocenters. The third-order valence-corrected chi connectivity index (χ3v) is 6.59. The lowest BCUT2D eigenvalue weighted by Gasteiger charge is -2.37. The molecule has 2 N–H and O–H groups in total. The number of nitrogens with zero attached hydrogens (tertiary/aromatic N) is 1. The molecule has 0 radical (unpaired) electrons. The second-order valence-electron chi connectivity index (χ2n) is 5.38. The molecule has 2 heterocycles. The zero-order chi connectivity index (χ0) is 17.7. The van der Waals surface area contributed by atoms with Crippen molar-refractivity contribution < 1.29 is 42.5 Å². The summed E-state index contributed by atoms with van der Waals surface area (Å²) < 4.78 is 27.9. The number of aliphatic carboxylic acids is 2. The van der Waals surface area contributed by atoms with Gasteiger partial charge in [-0.1, -0.05) is 0 Å². The predicted molar refractivity (Wildman–Crippen MR) is 71.7 cm³/mol. The minimum Gasteiger partial charge on any atom is -0.480 e. The van der Waals surface area contributed by atoms with Gasteiger partial charge in [0.05, 0.1) is 5.57 Å². The summed E-state index contributed by atoms with van der Waals surface area (Å²) >= 11 is 0. The van der Waals surface area contributed by atoms with Gasteiger partial charge in [0.25, 0.3) is 5.91 Å². The summed E-state index contributed by atoms with van der Waals surface area (Å²) in [6, 6.07) is -1.78. The number of esters is 1. The molecule has 126 valence electrons. The number of carbonyl (C=O) groups excluding carboxylic acids is 2. The Morgan fingerprint density at radius 3 is 2.35 bits per heavy atom. The summed E-state index contributed by atoms with van der Waals surface area (Å²) in [5, 5.41) is 16.4. The Balaban J connectivity index is 2.57. The van der Waals surface area contributed by atoms with Gasteiger partial charge in [-0.05, 0) is 6.92 Å². The van der Waals surface area contributed by atoms with Crippen LogP contribution < -0.4 is 0 Å². The molecule has 2 saturated heterocycles. The standard InChI is InChI=1S/C12H13NO9S/c1-5(14)22-4-12(2)8(11(18)19)13-9(17)6(3-7(15)16)10(13)23(12,20)21/h3,8,10H,4H2,1-2H3,(H,15,16)(H,18,19)/b6-3-/t8-,10?,12-/m0/s1. The third kappa shape index (κ3) is 2.19. The molecule has 23 heavy (non-hydrogen) atoms. The number of rotatable bonds is 4. The lowest BCUT2D eigenvalue weighted by atomic mass is 9.94. The maximum Gasteiger partial charge on any atom is 0.328 e. The summed E-state index contributed by atoms with van der Waals surface area (Å²) in [6.45, 7) is 1.31. The van der Waals surface area contributed by atoms with Crippen LogP contribution in [0.1, 0.15) is 13.8 Å². The first kappa shape index (κ1) is 16.9. The number of carboxylic acids is 2. The Morgan fingerprint density at radius 2 is 1.91 bits per heavy atom. The third-order valence-electron chi connectivity index (χ3n) is 3.88. The molecule has 2 fully saturated rings. The normalized spacial score (nSPS) is 33.0. The van der Waals surface area contributed by atoms with E-state index in [1.165, 1.54) is 0 Å². The fourth-order valence-electron chi connectivity index (χ4n) is 2.77. The van der Waals surface area contributed by atoms with Gasteiger partial charge in [-0.25, -0.2) is 18.0 Å². The molecule has 2 aliphatic heterocycles. The average molecular weight is 347 g/mol. The summed E-state index contributed by atoms with van der Waals surface area (Å²) in [5.74, 6) is -4.91. The van der Waals surface area contributed by atoms with Crippen LogP contribution in [-0.4, -0.2) is 70.1 Å². The van der Waals surface area contributed by atoms with E-state index < -0.39 is 62.0 Å². The van der Waals surface area contributed by atoms with Crippen molar-refractivity contribution in [1.82, 2.24) is 4.90 Å². The number of carbonyl (C=O) groups is 4. The van der Waals surface area contributed by atoms with Crippen molar-refractivity contribution in [2.24, 2.45) is 0 Å². The van der Waals surface area contributed by atoms with Gasteiger partial charge in [0.15, 0.2) is 21.3 Å². The zero-order valence-corrected chi connectivity index (χ0v) is 12.9. The number of fused-ring (bicyclic) bond motifs is 1. The first-order valence-electron chi connectivity index (χ1n) is 6.32. The summed E-state index contributed by atoms with van der Waals surface area (Å²) in [6.07, 6.45) is 0.442. The summed E-state index contributed by atoms with van der Waals surface area (Å²) in [4.78, 5) is 45.7. The van der Waals surface area contributed by atoms with Crippen molar-refractivity contribution in [3.8, 4) is 0 Å². The Hall–Kier alpha value is -2.43. The van der Waals surface area contributed by atoms with E-state index in [2.05, 4.69) is 4.74 Å². The zero-order valence-electron chi connectivity index (χ0n) is 12.0. The van der Waals surface area contributed by atoms with Crippen LogP contribution in [-0.2, 0) is 33.8 Å². The molecule has 1 amide bonds. The van der Waals surface area contributed by atoms with Gasteiger partial charge in [-0.2, -0.15) is 0 Å². The molecular formula is C12H13NO9S. The Labute approximate surface area is 130 Å². The molecule has 11 heteroatoms. The van der Waals surface area contributed by atoms with Gasteiger partial charge in [-0.3, -0.25) is 9.59 Å². The molecule has 0 aromatic carbocycles. The minimum atomic E-state index is -4.33. The van der Waals surface area contributed by atoms with Crippen LogP contribution in [0.15, 0.2) is 11.6 Å². The fraction of sp³-hybridized carbons (Fsp3) is 0.500. The van der Waals surface area contributed by atoms with Crippen LogP contribution >= 0.6 is 0 Å². The van der Waals surface area contributed by atoms with Gasteiger partial charge in [-0.15, -0.1) is 0 Å². The minimum absolute atomic E-state index is 0.442. The number of ether oxygens (including phenoxy) is 1. The Morgan fingerprint density at radius 1 is 1.35 bits per heavy atom. The van der Waals surface area contributed by atoms with E-state index in [-0.39, 0.29) is 0 Å². The second-order valence-corrected chi connectivity index (χ2v) is 7.85. The highest BCUT2D eigenvalue weighted by Crippen LogP contribution is 2.48. The molecule has 10 nitrogen and oxygen atoms in total. The highest BCUT2D eigenvalue weighted by molar-refractivity contribution is 7.94. The van der Waals surface area contributed by atoms with Crippen LogP contribution in [0, 0.1) is 0 Å². The van der Waals surface area contributed by atoms with E-state index in [1.807, 2.05) is 0 Å². The van der Waals surface area contributed by atoms with Gasteiger partial charge >= 0.3 is 17.9 Å². The van der Waals surface area contributed by atoms with Gasteiger partial charge in [0.1, 0.15) is 11.4 Å². The second kappa shape index (κ2) is 5.05. The van der Waals surface area contributed by atoms with E-state index in [0.717, 1.165) is 13.8 Å². The number of amides is 1. The van der Waals surface area contributed by atoms with Crippen LogP contribution in [0.25, 0.3) is 0 Å². The summed E-state index contributed by atoms with van der Waals surface area (Å²) in [7, 11) is -4.33. The van der Waals surface area contributed by atoms with Crippen molar-refractivity contribution in [2.75, 3.05) is 6.61 Å². The van der Waals surface area contributed by atoms with Crippen LogP contribution in [0.4, 0.5) is 0 Å². The average Bonchev–Trinajstić information content (AvgIpc) is 2.57. The molecule has 0 bridgehead atoms.